The standard InChI is InChI=1S/C12H14O2/c1-10(9-12(13)14-2)8-11-6-4-3-5-7-11/h3-7H,1,8-9H2,2H3. The summed E-state index contributed by atoms with van der Waals surface area (Å²) in [5.41, 5.74) is 2.05. The molecule has 1 rings (SSSR count). The number of hydrogen-bond donors (Lipinski definition) is 0. The average Bonchev–Trinajstić information content (AvgIpc) is 2.19. The third-order valence-electron chi connectivity index (χ3n) is 1.92. The van der Waals surface area contributed by atoms with Gasteiger partial charge in [0.2, 0.25) is 0 Å². The lowest BCUT2D eigenvalue weighted by molar-refractivity contribution is -0.139. The van der Waals surface area contributed by atoms with Crippen LogP contribution >= 0.6 is 0 Å². The van der Waals surface area contributed by atoms with Crippen molar-refractivity contribution >= 4 is 5.97 Å². The minimum atomic E-state index is -0.231. The Hall–Kier alpha value is -1.57. The van der Waals surface area contributed by atoms with Crippen LogP contribution in [0.2, 0.25) is 0 Å². The SMILES string of the molecule is C=C(CC(=O)OC)Cc1ccccc1. The zero-order valence-corrected chi connectivity index (χ0v) is 8.32. The third-order valence-corrected chi connectivity index (χ3v) is 1.92. The first-order valence-corrected chi connectivity index (χ1v) is 4.49. The summed E-state index contributed by atoms with van der Waals surface area (Å²) in [7, 11) is 1.39. The number of benzene rings is 1. The molecule has 0 fully saturated rings. The molecule has 0 radical (unpaired) electrons. The Labute approximate surface area is 84.2 Å². The van der Waals surface area contributed by atoms with Crippen LogP contribution in [0.5, 0.6) is 0 Å². The van der Waals surface area contributed by atoms with E-state index in [9.17, 15) is 4.79 Å². The van der Waals surface area contributed by atoms with Crippen molar-refractivity contribution in [3.63, 3.8) is 0 Å². The molecule has 74 valence electrons. The molecule has 0 aliphatic rings. The van der Waals surface area contributed by atoms with Crippen LogP contribution in [0.3, 0.4) is 0 Å². The number of esters is 1. The fourth-order valence-corrected chi connectivity index (χ4v) is 1.22. The zero-order valence-electron chi connectivity index (χ0n) is 8.32. The monoisotopic (exact) mass is 190 g/mol. The summed E-state index contributed by atoms with van der Waals surface area (Å²) in [6, 6.07) is 9.94. The number of carbonyl (C=O) groups is 1. The van der Waals surface area contributed by atoms with E-state index in [2.05, 4.69) is 11.3 Å². The van der Waals surface area contributed by atoms with Crippen LogP contribution in [0, 0.1) is 0 Å². The average molecular weight is 190 g/mol. The molecule has 2 heteroatoms. The number of rotatable bonds is 4. The molecule has 0 unspecified atom stereocenters. The molecule has 0 heterocycles. The Morgan fingerprint density at radius 2 is 2.00 bits per heavy atom. The van der Waals surface area contributed by atoms with Gasteiger partial charge in [-0.1, -0.05) is 42.5 Å². The van der Waals surface area contributed by atoms with Gasteiger partial charge < -0.3 is 4.74 Å². The molecule has 0 spiro atoms. The van der Waals surface area contributed by atoms with Gasteiger partial charge in [0.25, 0.3) is 0 Å². The van der Waals surface area contributed by atoms with Crippen LogP contribution in [-0.4, -0.2) is 13.1 Å². The van der Waals surface area contributed by atoms with Crippen molar-refractivity contribution in [1.29, 1.82) is 0 Å². The molecule has 0 N–H and O–H groups in total. The Bertz CT molecular complexity index is 314. The maximum Gasteiger partial charge on any atom is 0.309 e. The molecule has 2 nitrogen and oxygen atoms in total. The molecule has 0 amide bonds. The fourth-order valence-electron chi connectivity index (χ4n) is 1.22. The Kier molecular flexibility index (Phi) is 3.92. The van der Waals surface area contributed by atoms with E-state index in [-0.39, 0.29) is 5.97 Å². The van der Waals surface area contributed by atoms with Gasteiger partial charge in [-0.3, -0.25) is 4.79 Å². The van der Waals surface area contributed by atoms with Crippen molar-refractivity contribution in [2.45, 2.75) is 12.8 Å². The number of methoxy groups -OCH3 is 1. The molecular formula is C12H14O2. The van der Waals surface area contributed by atoms with Crippen LogP contribution in [-0.2, 0) is 16.0 Å². The fraction of sp³-hybridized carbons (Fsp3) is 0.250. The van der Waals surface area contributed by atoms with Gasteiger partial charge >= 0.3 is 5.97 Å². The smallest absolute Gasteiger partial charge is 0.309 e. The molecule has 0 aromatic heterocycles. The van der Waals surface area contributed by atoms with Crippen molar-refractivity contribution in [2.75, 3.05) is 7.11 Å². The lowest BCUT2D eigenvalue weighted by atomic mass is 10.0. The summed E-state index contributed by atoms with van der Waals surface area (Å²) in [6.07, 6.45) is 1.03. The first kappa shape index (κ1) is 10.5. The van der Waals surface area contributed by atoms with E-state index in [1.165, 1.54) is 12.7 Å². The summed E-state index contributed by atoms with van der Waals surface area (Å²) in [5, 5.41) is 0. The van der Waals surface area contributed by atoms with Crippen molar-refractivity contribution in [1.82, 2.24) is 0 Å². The highest BCUT2D eigenvalue weighted by Gasteiger charge is 2.03. The summed E-state index contributed by atoms with van der Waals surface area (Å²) >= 11 is 0. The summed E-state index contributed by atoms with van der Waals surface area (Å²) in [5.74, 6) is -0.231. The van der Waals surface area contributed by atoms with E-state index in [4.69, 9.17) is 0 Å². The predicted octanol–water partition coefficient (Wildman–Crippen LogP) is 2.35. The van der Waals surface area contributed by atoms with E-state index < -0.39 is 0 Å². The Balaban J connectivity index is 2.46. The van der Waals surface area contributed by atoms with Crippen LogP contribution in [0.4, 0.5) is 0 Å². The van der Waals surface area contributed by atoms with Crippen molar-refractivity contribution in [3.8, 4) is 0 Å². The molecule has 1 aromatic carbocycles. The van der Waals surface area contributed by atoms with Crippen LogP contribution in [0.1, 0.15) is 12.0 Å². The van der Waals surface area contributed by atoms with Gasteiger partial charge in [0, 0.05) is 0 Å². The zero-order chi connectivity index (χ0) is 10.4. The summed E-state index contributed by atoms with van der Waals surface area (Å²) in [6.45, 7) is 3.84. The van der Waals surface area contributed by atoms with E-state index in [0.29, 0.717) is 6.42 Å². The van der Waals surface area contributed by atoms with Gasteiger partial charge in [0.1, 0.15) is 0 Å². The highest BCUT2D eigenvalue weighted by molar-refractivity contribution is 5.72. The topological polar surface area (TPSA) is 26.3 Å². The number of carbonyl (C=O) groups excluding carboxylic acids is 1. The molecule has 0 aliphatic carbocycles. The normalized spacial score (nSPS) is 9.50. The van der Waals surface area contributed by atoms with Crippen LogP contribution in [0.15, 0.2) is 42.5 Å². The van der Waals surface area contributed by atoms with Crippen LogP contribution < -0.4 is 0 Å². The quantitative estimate of drug-likeness (QED) is 0.538. The minimum Gasteiger partial charge on any atom is -0.469 e. The molecule has 1 aromatic rings. The highest BCUT2D eigenvalue weighted by Crippen LogP contribution is 2.09. The molecule has 0 atom stereocenters. The molecule has 0 aliphatic heterocycles. The molecule has 0 bridgehead atoms. The lowest BCUT2D eigenvalue weighted by Crippen LogP contribution is -2.02. The first-order valence-electron chi connectivity index (χ1n) is 4.49. The van der Waals surface area contributed by atoms with Gasteiger partial charge in [-0.2, -0.15) is 0 Å². The van der Waals surface area contributed by atoms with E-state index in [1.807, 2.05) is 30.3 Å². The van der Waals surface area contributed by atoms with E-state index in [0.717, 1.165) is 12.0 Å². The second-order valence-corrected chi connectivity index (χ2v) is 3.17. The number of ether oxygens (including phenoxy) is 1. The van der Waals surface area contributed by atoms with Crippen LogP contribution in [0.25, 0.3) is 0 Å². The molecular weight excluding hydrogens is 176 g/mol. The van der Waals surface area contributed by atoms with E-state index in [1.54, 1.807) is 0 Å². The third kappa shape index (κ3) is 3.44. The lowest BCUT2D eigenvalue weighted by Gasteiger charge is -2.03. The van der Waals surface area contributed by atoms with Crippen molar-refractivity contribution < 1.29 is 9.53 Å². The van der Waals surface area contributed by atoms with Crippen molar-refractivity contribution in [3.05, 3.63) is 48.0 Å². The Morgan fingerprint density at radius 3 is 2.57 bits per heavy atom. The summed E-state index contributed by atoms with van der Waals surface area (Å²) in [4.78, 5) is 10.9. The van der Waals surface area contributed by atoms with E-state index >= 15 is 0 Å². The molecule has 0 saturated heterocycles. The maximum atomic E-state index is 10.9. The predicted molar refractivity (Wildman–Crippen MR) is 55.9 cm³/mol. The van der Waals surface area contributed by atoms with Gasteiger partial charge in [0.15, 0.2) is 0 Å². The van der Waals surface area contributed by atoms with Gasteiger partial charge in [-0.15, -0.1) is 0 Å². The molecule has 0 saturated carbocycles. The first-order chi connectivity index (χ1) is 6.72. The van der Waals surface area contributed by atoms with Crippen molar-refractivity contribution in [2.24, 2.45) is 0 Å². The Morgan fingerprint density at radius 1 is 1.36 bits per heavy atom. The second-order valence-electron chi connectivity index (χ2n) is 3.17. The minimum absolute atomic E-state index is 0.231. The summed E-state index contributed by atoms with van der Waals surface area (Å²) < 4.78 is 4.56. The number of hydrogen-bond acceptors (Lipinski definition) is 2. The largest absolute Gasteiger partial charge is 0.469 e. The second kappa shape index (κ2) is 5.22. The maximum absolute atomic E-state index is 10.9. The van der Waals surface area contributed by atoms with Gasteiger partial charge in [-0.25, -0.2) is 0 Å². The highest BCUT2D eigenvalue weighted by atomic mass is 16.5. The van der Waals surface area contributed by atoms with Gasteiger partial charge in [0.05, 0.1) is 13.5 Å². The molecule has 14 heavy (non-hydrogen) atoms. The van der Waals surface area contributed by atoms with Gasteiger partial charge in [-0.05, 0) is 12.0 Å².